The Bertz CT molecular complexity index is 428. The Morgan fingerprint density at radius 3 is 2.65 bits per heavy atom. The van der Waals surface area contributed by atoms with E-state index in [1.165, 1.54) is 18.4 Å². The van der Waals surface area contributed by atoms with Crippen molar-refractivity contribution in [3.8, 4) is 11.5 Å². The standard InChI is InChI=1S/C14H19NO2/c1-10-4-5-14(10,9-15)11-2-3-12-13(8-11)17-7-6-16-12/h2-3,8,10H,4-7,9,15H2,1H3. The van der Waals surface area contributed by atoms with Gasteiger partial charge in [0.25, 0.3) is 0 Å². The van der Waals surface area contributed by atoms with Gasteiger partial charge in [0.1, 0.15) is 13.2 Å². The second kappa shape index (κ2) is 3.91. The van der Waals surface area contributed by atoms with Crippen LogP contribution in [0.25, 0.3) is 0 Å². The van der Waals surface area contributed by atoms with E-state index >= 15 is 0 Å². The number of hydrogen-bond acceptors (Lipinski definition) is 3. The van der Waals surface area contributed by atoms with E-state index in [9.17, 15) is 0 Å². The van der Waals surface area contributed by atoms with Crippen LogP contribution in [0.1, 0.15) is 25.3 Å². The second-order valence-electron chi connectivity index (χ2n) is 5.16. The van der Waals surface area contributed by atoms with Gasteiger partial charge in [-0.15, -0.1) is 0 Å². The maximum Gasteiger partial charge on any atom is 0.161 e. The van der Waals surface area contributed by atoms with E-state index in [0.717, 1.165) is 11.5 Å². The van der Waals surface area contributed by atoms with E-state index in [4.69, 9.17) is 15.2 Å². The highest BCUT2D eigenvalue weighted by Gasteiger charge is 2.44. The van der Waals surface area contributed by atoms with Gasteiger partial charge < -0.3 is 15.2 Å². The lowest BCUT2D eigenvalue weighted by molar-refractivity contribution is 0.142. The highest BCUT2D eigenvalue weighted by molar-refractivity contribution is 5.47. The first-order chi connectivity index (χ1) is 8.26. The number of hydrogen-bond donors (Lipinski definition) is 1. The third kappa shape index (κ3) is 1.53. The lowest BCUT2D eigenvalue weighted by atomic mass is 9.57. The normalized spacial score (nSPS) is 30.8. The highest BCUT2D eigenvalue weighted by Crippen LogP contribution is 2.49. The lowest BCUT2D eigenvalue weighted by Crippen LogP contribution is -2.48. The van der Waals surface area contributed by atoms with Gasteiger partial charge in [0, 0.05) is 12.0 Å². The van der Waals surface area contributed by atoms with Gasteiger partial charge >= 0.3 is 0 Å². The van der Waals surface area contributed by atoms with Crippen LogP contribution >= 0.6 is 0 Å². The molecule has 1 heterocycles. The van der Waals surface area contributed by atoms with E-state index in [2.05, 4.69) is 19.1 Å². The molecule has 0 bridgehead atoms. The maximum absolute atomic E-state index is 6.00. The van der Waals surface area contributed by atoms with Gasteiger partial charge in [-0.3, -0.25) is 0 Å². The Hall–Kier alpha value is -1.22. The minimum atomic E-state index is 0.163. The summed E-state index contributed by atoms with van der Waals surface area (Å²) in [5.74, 6) is 2.40. The van der Waals surface area contributed by atoms with Gasteiger partial charge in [-0.1, -0.05) is 13.0 Å². The molecule has 17 heavy (non-hydrogen) atoms. The van der Waals surface area contributed by atoms with Crippen LogP contribution in [0, 0.1) is 5.92 Å². The molecule has 0 aromatic heterocycles. The smallest absolute Gasteiger partial charge is 0.161 e. The molecule has 1 fully saturated rings. The Morgan fingerprint density at radius 1 is 1.29 bits per heavy atom. The van der Waals surface area contributed by atoms with Gasteiger partial charge in [-0.05, 0) is 36.5 Å². The summed E-state index contributed by atoms with van der Waals surface area (Å²) in [7, 11) is 0. The number of fused-ring (bicyclic) bond motifs is 1. The molecule has 1 aliphatic heterocycles. The fourth-order valence-corrected chi connectivity index (χ4v) is 2.98. The zero-order valence-electron chi connectivity index (χ0n) is 10.2. The van der Waals surface area contributed by atoms with Gasteiger partial charge in [0.05, 0.1) is 0 Å². The third-order valence-electron chi connectivity index (χ3n) is 4.45. The van der Waals surface area contributed by atoms with Crippen LogP contribution in [0.15, 0.2) is 18.2 Å². The van der Waals surface area contributed by atoms with Crippen LogP contribution in [0.5, 0.6) is 11.5 Å². The lowest BCUT2D eigenvalue weighted by Gasteiger charge is -2.48. The largest absolute Gasteiger partial charge is 0.486 e. The summed E-state index contributed by atoms with van der Waals surface area (Å²) in [5.41, 5.74) is 7.47. The molecule has 2 atom stereocenters. The molecular weight excluding hydrogens is 214 g/mol. The maximum atomic E-state index is 6.00. The van der Waals surface area contributed by atoms with Crippen LogP contribution in [0.2, 0.25) is 0 Å². The quantitative estimate of drug-likeness (QED) is 0.850. The van der Waals surface area contributed by atoms with Crippen molar-refractivity contribution in [2.24, 2.45) is 11.7 Å². The number of nitrogens with two attached hydrogens (primary N) is 1. The van der Waals surface area contributed by atoms with E-state index in [-0.39, 0.29) is 5.41 Å². The predicted molar refractivity (Wildman–Crippen MR) is 66.6 cm³/mol. The van der Waals surface area contributed by atoms with Crippen LogP contribution < -0.4 is 15.2 Å². The Kier molecular flexibility index (Phi) is 2.51. The minimum absolute atomic E-state index is 0.163. The van der Waals surface area contributed by atoms with Crippen LogP contribution in [-0.4, -0.2) is 19.8 Å². The van der Waals surface area contributed by atoms with E-state index in [0.29, 0.717) is 25.7 Å². The average molecular weight is 233 g/mol. The van der Waals surface area contributed by atoms with Crippen molar-refractivity contribution in [1.82, 2.24) is 0 Å². The van der Waals surface area contributed by atoms with Gasteiger partial charge in [0.15, 0.2) is 11.5 Å². The van der Waals surface area contributed by atoms with E-state index in [1.54, 1.807) is 0 Å². The van der Waals surface area contributed by atoms with E-state index < -0.39 is 0 Å². The number of ether oxygens (including phenoxy) is 2. The highest BCUT2D eigenvalue weighted by atomic mass is 16.6. The van der Waals surface area contributed by atoms with Crippen molar-refractivity contribution in [2.45, 2.75) is 25.2 Å². The van der Waals surface area contributed by atoms with Crippen molar-refractivity contribution >= 4 is 0 Å². The molecule has 1 aliphatic carbocycles. The van der Waals surface area contributed by atoms with Crippen LogP contribution in [-0.2, 0) is 5.41 Å². The summed E-state index contributed by atoms with van der Waals surface area (Å²) >= 11 is 0. The molecule has 3 nitrogen and oxygen atoms in total. The second-order valence-corrected chi connectivity index (χ2v) is 5.16. The summed E-state index contributed by atoms with van der Waals surface area (Å²) in [4.78, 5) is 0. The number of rotatable bonds is 2. The molecule has 0 radical (unpaired) electrons. The van der Waals surface area contributed by atoms with Crippen molar-refractivity contribution in [3.63, 3.8) is 0 Å². The predicted octanol–water partition coefficient (Wildman–Crippen LogP) is 2.08. The van der Waals surface area contributed by atoms with Crippen LogP contribution in [0.3, 0.4) is 0 Å². The van der Waals surface area contributed by atoms with Crippen molar-refractivity contribution in [2.75, 3.05) is 19.8 Å². The molecule has 0 spiro atoms. The monoisotopic (exact) mass is 233 g/mol. The number of benzene rings is 1. The van der Waals surface area contributed by atoms with Crippen LogP contribution in [0.4, 0.5) is 0 Å². The molecule has 3 heteroatoms. The Morgan fingerprint density at radius 2 is 2.06 bits per heavy atom. The molecule has 2 aliphatic rings. The Balaban J connectivity index is 1.98. The first-order valence-electron chi connectivity index (χ1n) is 6.36. The first kappa shape index (κ1) is 10.9. The zero-order chi connectivity index (χ0) is 11.9. The molecule has 92 valence electrons. The third-order valence-corrected chi connectivity index (χ3v) is 4.45. The first-order valence-corrected chi connectivity index (χ1v) is 6.36. The summed E-state index contributed by atoms with van der Waals surface area (Å²) in [6.07, 6.45) is 2.45. The summed E-state index contributed by atoms with van der Waals surface area (Å²) < 4.78 is 11.2. The zero-order valence-corrected chi connectivity index (χ0v) is 10.2. The molecule has 3 rings (SSSR count). The molecule has 1 saturated carbocycles. The minimum Gasteiger partial charge on any atom is -0.486 e. The molecule has 2 N–H and O–H groups in total. The summed E-state index contributed by atoms with van der Waals surface area (Å²) in [6.45, 7) is 4.29. The summed E-state index contributed by atoms with van der Waals surface area (Å²) in [6, 6.07) is 6.29. The van der Waals surface area contributed by atoms with Gasteiger partial charge in [-0.25, -0.2) is 0 Å². The Labute approximate surface area is 102 Å². The topological polar surface area (TPSA) is 44.5 Å². The average Bonchev–Trinajstić information content (AvgIpc) is 2.38. The molecule has 0 amide bonds. The molecule has 2 unspecified atom stereocenters. The molecular formula is C14H19NO2. The van der Waals surface area contributed by atoms with Crippen molar-refractivity contribution in [1.29, 1.82) is 0 Å². The van der Waals surface area contributed by atoms with Gasteiger partial charge in [0.2, 0.25) is 0 Å². The fraction of sp³-hybridized carbons (Fsp3) is 0.571. The summed E-state index contributed by atoms with van der Waals surface area (Å²) in [5, 5.41) is 0. The van der Waals surface area contributed by atoms with Crippen molar-refractivity contribution in [3.05, 3.63) is 23.8 Å². The van der Waals surface area contributed by atoms with Gasteiger partial charge in [-0.2, -0.15) is 0 Å². The molecule has 0 saturated heterocycles. The van der Waals surface area contributed by atoms with Crippen molar-refractivity contribution < 1.29 is 9.47 Å². The van der Waals surface area contributed by atoms with E-state index in [1.807, 2.05) is 6.07 Å². The molecule has 1 aromatic rings. The fourth-order valence-electron chi connectivity index (χ4n) is 2.98. The molecule has 1 aromatic carbocycles. The SMILES string of the molecule is CC1CCC1(CN)c1ccc2c(c1)OCCO2.